The molecule has 0 aliphatic carbocycles. The van der Waals surface area contributed by atoms with E-state index in [0.717, 1.165) is 16.7 Å². The summed E-state index contributed by atoms with van der Waals surface area (Å²) in [5, 5.41) is 10.6. The van der Waals surface area contributed by atoms with Crippen LogP contribution in [0.1, 0.15) is 30.5 Å². The van der Waals surface area contributed by atoms with Crippen LogP contribution in [-0.4, -0.2) is 11.2 Å². The molecule has 2 aromatic carbocycles. The maximum atomic E-state index is 13.3. The molecule has 1 unspecified atom stereocenters. The van der Waals surface area contributed by atoms with E-state index in [1.54, 1.807) is 6.07 Å². The molecule has 1 N–H and O–H groups in total. The predicted molar refractivity (Wildman–Crippen MR) is 80.3 cm³/mol. The minimum Gasteiger partial charge on any atom is -0.392 e. The molecule has 106 valence electrons. The van der Waals surface area contributed by atoms with Gasteiger partial charge in [0.25, 0.3) is 0 Å². The number of hydrogen-bond donors (Lipinski definition) is 1. The highest BCUT2D eigenvalue weighted by atomic mass is 19.1. The third kappa shape index (κ3) is 3.07. The average molecular weight is 272 g/mol. The van der Waals surface area contributed by atoms with E-state index in [1.165, 1.54) is 12.1 Å². The van der Waals surface area contributed by atoms with Crippen molar-refractivity contribution in [2.45, 2.75) is 38.7 Å². The van der Waals surface area contributed by atoms with Crippen LogP contribution in [0.3, 0.4) is 0 Å². The van der Waals surface area contributed by atoms with E-state index in [1.807, 2.05) is 51.1 Å². The lowest BCUT2D eigenvalue weighted by atomic mass is 9.77. The Bertz CT molecular complexity index is 575. The highest BCUT2D eigenvalue weighted by Crippen LogP contribution is 2.29. The van der Waals surface area contributed by atoms with Crippen molar-refractivity contribution in [2.75, 3.05) is 0 Å². The van der Waals surface area contributed by atoms with Gasteiger partial charge in [-0.15, -0.1) is 0 Å². The van der Waals surface area contributed by atoms with Gasteiger partial charge in [-0.05, 0) is 42.2 Å². The fraction of sp³-hybridized carbons (Fsp3) is 0.333. The summed E-state index contributed by atoms with van der Waals surface area (Å²) in [5.74, 6) is -0.254. The highest BCUT2D eigenvalue weighted by Gasteiger charge is 2.30. The Morgan fingerprint density at radius 3 is 2.40 bits per heavy atom. The zero-order chi connectivity index (χ0) is 14.8. The van der Waals surface area contributed by atoms with Crippen LogP contribution < -0.4 is 0 Å². The van der Waals surface area contributed by atoms with Gasteiger partial charge in [-0.1, -0.05) is 50.2 Å². The Morgan fingerprint density at radius 2 is 1.75 bits per heavy atom. The van der Waals surface area contributed by atoms with E-state index in [2.05, 4.69) is 0 Å². The van der Waals surface area contributed by atoms with Crippen molar-refractivity contribution in [1.29, 1.82) is 0 Å². The topological polar surface area (TPSA) is 20.2 Å². The highest BCUT2D eigenvalue weighted by molar-refractivity contribution is 5.30. The van der Waals surface area contributed by atoms with E-state index in [4.69, 9.17) is 0 Å². The first-order valence-corrected chi connectivity index (χ1v) is 6.90. The molecule has 0 bridgehead atoms. The zero-order valence-corrected chi connectivity index (χ0v) is 12.2. The summed E-state index contributed by atoms with van der Waals surface area (Å²) >= 11 is 0. The van der Waals surface area contributed by atoms with Crippen LogP contribution in [0.25, 0.3) is 0 Å². The van der Waals surface area contributed by atoms with Gasteiger partial charge in [0.15, 0.2) is 0 Å². The van der Waals surface area contributed by atoms with Gasteiger partial charge < -0.3 is 5.11 Å². The molecule has 0 radical (unpaired) electrons. The first kappa shape index (κ1) is 14.7. The zero-order valence-electron chi connectivity index (χ0n) is 12.2. The second kappa shape index (κ2) is 5.76. The van der Waals surface area contributed by atoms with Crippen molar-refractivity contribution in [2.24, 2.45) is 0 Å². The van der Waals surface area contributed by atoms with Crippen LogP contribution in [0.5, 0.6) is 0 Å². The van der Waals surface area contributed by atoms with Gasteiger partial charge in [0.2, 0.25) is 0 Å². The first-order chi connectivity index (χ1) is 9.41. The minimum absolute atomic E-state index is 0.254. The van der Waals surface area contributed by atoms with E-state index >= 15 is 0 Å². The number of rotatable bonds is 4. The van der Waals surface area contributed by atoms with Crippen LogP contribution in [0.2, 0.25) is 0 Å². The number of halogens is 1. The lowest BCUT2D eigenvalue weighted by Gasteiger charge is -2.31. The molecule has 0 aromatic heterocycles. The monoisotopic (exact) mass is 272 g/mol. The van der Waals surface area contributed by atoms with Crippen LogP contribution in [0, 0.1) is 12.7 Å². The number of aryl methyl sites for hydroxylation is 1. The number of benzene rings is 2. The summed E-state index contributed by atoms with van der Waals surface area (Å²) in [6, 6.07) is 14.7. The molecular formula is C18H21FO. The van der Waals surface area contributed by atoms with Crippen molar-refractivity contribution < 1.29 is 9.50 Å². The molecule has 2 heteroatoms. The molecule has 0 fully saturated rings. The second-order valence-corrected chi connectivity index (χ2v) is 5.88. The van der Waals surface area contributed by atoms with E-state index in [-0.39, 0.29) is 11.2 Å². The minimum atomic E-state index is -0.564. The summed E-state index contributed by atoms with van der Waals surface area (Å²) in [5.41, 5.74) is 2.58. The third-order valence-corrected chi connectivity index (χ3v) is 4.08. The molecule has 0 spiro atoms. The van der Waals surface area contributed by atoms with Gasteiger partial charge in [0.05, 0.1) is 6.10 Å². The Morgan fingerprint density at radius 1 is 1.10 bits per heavy atom. The first-order valence-electron chi connectivity index (χ1n) is 6.90. The smallest absolute Gasteiger partial charge is 0.123 e. The predicted octanol–water partition coefficient (Wildman–Crippen LogP) is 4.02. The van der Waals surface area contributed by atoms with Crippen molar-refractivity contribution in [3.05, 3.63) is 71.0 Å². The van der Waals surface area contributed by atoms with E-state index in [9.17, 15) is 9.50 Å². The summed E-state index contributed by atoms with van der Waals surface area (Å²) in [7, 11) is 0. The summed E-state index contributed by atoms with van der Waals surface area (Å²) in [6.45, 7) is 5.97. The van der Waals surface area contributed by atoms with Gasteiger partial charge in [-0.25, -0.2) is 4.39 Å². The van der Waals surface area contributed by atoms with Gasteiger partial charge >= 0.3 is 0 Å². The van der Waals surface area contributed by atoms with Gasteiger partial charge in [-0.3, -0.25) is 0 Å². The third-order valence-electron chi connectivity index (χ3n) is 4.08. The van der Waals surface area contributed by atoms with Crippen LogP contribution in [0.15, 0.2) is 48.5 Å². The number of aliphatic hydroxyl groups is 1. The van der Waals surface area contributed by atoms with Crippen LogP contribution >= 0.6 is 0 Å². The molecule has 2 aromatic rings. The quantitative estimate of drug-likeness (QED) is 0.891. The fourth-order valence-electron chi connectivity index (χ4n) is 2.38. The van der Waals surface area contributed by atoms with Crippen LogP contribution in [-0.2, 0) is 11.8 Å². The lowest BCUT2D eigenvalue weighted by Crippen LogP contribution is -2.35. The lowest BCUT2D eigenvalue weighted by molar-refractivity contribution is 0.0998. The molecular weight excluding hydrogens is 251 g/mol. The Labute approximate surface area is 120 Å². The molecule has 1 atom stereocenters. The van der Waals surface area contributed by atoms with Crippen molar-refractivity contribution in [3.63, 3.8) is 0 Å². The summed E-state index contributed by atoms with van der Waals surface area (Å²) < 4.78 is 13.3. The molecule has 0 aliphatic rings. The second-order valence-electron chi connectivity index (χ2n) is 5.88. The largest absolute Gasteiger partial charge is 0.392 e. The maximum Gasteiger partial charge on any atom is 0.123 e. The van der Waals surface area contributed by atoms with Crippen LogP contribution in [0.4, 0.5) is 4.39 Å². The van der Waals surface area contributed by atoms with Crippen molar-refractivity contribution in [1.82, 2.24) is 0 Å². The summed E-state index contributed by atoms with van der Waals surface area (Å²) in [4.78, 5) is 0. The number of hydrogen-bond acceptors (Lipinski definition) is 1. The van der Waals surface area contributed by atoms with Gasteiger partial charge in [0, 0.05) is 5.41 Å². The molecule has 20 heavy (non-hydrogen) atoms. The molecule has 0 aliphatic heterocycles. The van der Waals surface area contributed by atoms with Crippen molar-refractivity contribution in [3.8, 4) is 0 Å². The van der Waals surface area contributed by atoms with E-state index < -0.39 is 6.10 Å². The SMILES string of the molecule is Cc1ccc(F)cc1CC(O)C(C)(C)c1ccccc1. The summed E-state index contributed by atoms with van der Waals surface area (Å²) in [6.07, 6.45) is -0.115. The molecule has 0 amide bonds. The molecule has 0 heterocycles. The standard InChI is InChI=1S/C18H21FO/c1-13-9-10-16(19)11-14(13)12-17(20)18(2,3)15-7-5-4-6-8-15/h4-11,17,20H,12H2,1-3H3. The molecule has 0 saturated carbocycles. The maximum absolute atomic E-state index is 13.3. The molecule has 2 rings (SSSR count). The molecule has 0 saturated heterocycles. The Kier molecular flexibility index (Phi) is 4.24. The number of aliphatic hydroxyl groups excluding tert-OH is 1. The Balaban J connectivity index is 2.23. The van der Waals surface area contributed by atoms with Gasteiger partial charge in [-0.2, -0.15) is 0 Å². The average Bonchev–Trinajstić information content (AvgIpc) is 2.43. The fourth-order valence-corrected chi connectivity index (χ4v) is 2.38. The Hall–Kier alpha value is -1.67. The van der Waals surface area contributed by atoms with Gasteiger partial charge in [0.1, 0.15) is 5.82 Å². The van der Waals surface area contributed by atoms with Crippen molar-refractivity contribution >= 4 is 0 Å². The van der Waals surface area contributed by atoms with E-state index in [0.29, 0.717) is 6.42 Å². The normalized spacial score (nSPS) is 13.2. The molecule has 1 nitrogen and oxygen atoms in total.